The van der Waals surface area contributed by atoms with Crippen LogP contribution >= 0.6 is 15.9 Å². The largest absolute Gasteiger partial charge is 0.399 e. The number of halogens is 1. The summed E-state index contributed by atoms with van der Waals surface area (Å²) in [5.41, 5.74) is 7.54. The molecule has 0 aliphatic carbocycles. The summed E-state index contributed by atoms with van der Waals surface area (Å²) in [6.45, 7) is 6.91. The number of rotatable bonds is 4. The molecular formula is C12H18BrNO. The number of ether oxygens (including phenoxy) is 1. The van der Waals surface area contributed by atoms with Crippen LogP contribution in [0.3, 0.4) is 0 Å². The van der Waals surface area contributed by atoms with Crippen molar-refractivity contribution in [3.63, 3.8) is 0 Å². The van der Waals surface area contributed by atoms with Crippen molar-refractivity contribution in [2.75, 3.05) is 5.73 Å². The highest BCUT2D eigenvalue weighted by Gasteiger charge is 2.15. The molecule has 3 heteroatoms. The molecular weight excluding hydrogens is 254 g/mol. The Balaban J connectivity index is 2.65. The zero-order chi connectivity index (χ0) is 11.5. The number of hydrogen-bond acceptors (Lipinski definition) is 2. The number of hydrogen-bond donors (Lipinski definition) is 1. The second-order valence-electron chi connectivity index (χ2n) is 4.29. The summed E-state index contributed by atoms with van der Waals surface area (Å²) in [6.07, 6.45) is 0.997. The van der Waals surface area contributed by atoms with E-state index < -0.39 is 0 Å². The third-order valence-electron chi connectivity index (χ3n) is 2.46. The molecule has 0 atom stereocenters. The number of nitrogens with two attached hydrogens (primary N) is 1. The number of anilines is 1. The molecule has 1 aromatic carbocycles. The predicted molar refractivity (Wildman–Crippen MR) is 67.7 cm³/mol. The van der Waals surface area contributed by atoms with Gasteiger partial charge in [-0.25, -0.2) is 0 Å². The minimum atomic E-state index is -0.0723. The summed E-state index contributed by atoms with van der Waals surface area (Å²) in [6, 6.07) is 5.85. The SMILES string of the molecule is CCC(C)(C)OCc1cc(N)cc(Br)c1. The molecule has 0 aliphatic rings. The van der Waals surface area contributed by atoms with E-state index in [1.54, 1.807) is 0 Å². The molecule has 2 N–H and O–H groups in total. The lowest BCUT2D eigenvalue weighted by Crippen LogP contribution is -2.22. The fraction of sp³-hybridized carbons (Fsp3) is 0.500. The van der Waals surface area contributed by atoms with Gasteiger partial charge in [0.25, 0.3) is 0 Å². The molecule has 0 fully saturated rings. The van der Waals surface area contributed by atoms with Crippen molar-refractivity contribution in [3.8, 4) is 0 Å². The summed E-state index contributed by atoms with van der Waals surface area (Å²) in [7, 11) is 0. The first-order valence-electron chi connectivity index (χ1n) is 5.12. The molecule has 15 heavy (non-hydrogen) atoms. The predicted octanol–water partition coefficient (Wildman–Crippen LogP) is 3.74. The highest BCUT2D eigenvalue weighted by molar-refractivity contribution is 9.10. The molecule has 0 saturated carbocycles. The lowest BCUT2D eigenvalue weighted by Gasteiger charge is -2.23. The van der Waals surface area contributed by atoms with Crippen LogP contribution in [-0.2, 0) is 11.3 Å². The van der Waals surface area contributed by atoms with E-state index in [2.05, 4.69) is 36.7 Å². The van der Waals surface area contributed by atoms with Gasteiger partial charge in [0.05, 0.1) is 12.2 Å². The maximum atomic E-state index is 5.80. The topological polar surface area (TPSA) is 35.2 Å². The van der Waals surface area contributed by atoms with Crippen molar-refractivity contribution in [1.82, 2.24) is 0 Å². The Morgan fingerprint density at radius 1 is 1.33 bits per heavy atom. The molecule has 0 amide bonds. The summed E-state index contributed by atoms with van der Waals surface area (Å²) in [5, 5.41) is 0. The molecule has 0 radical (unpaired) electrons. The summed E-state index contributed by atoms with van der Waals surface area (Å²) >= 11 is 3.41. The first-order chi connectivity index (χ1) is 6.93. The number of benzene rings is 1. The van der Waals surface area contributed by atoms with Gasteiger partial charge in [0, 0.05) is 10.2 Å². The normalized spacial score (nSPS) is 11.7. The Hall–Kier alpha value is -0.540. The first kappa shape index (κ1) is 12.5. The maximum Gasteiger partial charge on any atom is 0.0725 e. The lowest BCUT2D eigenvalue weighted by atomic mass is 10.1. The average Bonchev–Trinajstić information content (AvgIpc) is 2.14. The Morgan fingerprint density at radius 3 is 2.53 bits per heavy atom. The van der Waals surface area contributed by atoms with Crippen LogP contribution in [0.25, 0.3) is 0 Å². The monoisotopic (exact) mass is 271 g/mol. The van der Waals surface area contributed by atoms with Crippen molar-refractivity contribution in [2.45, 2.75) is 39.4 Å². The van der Waals surface area contributed by atoms with Crippen molar-refractivity contribution < 1.29 is 4.74 Å². The lowest BCUT2D eigenvalue weighted by molar-refractivity contribution is -0.0316. The van der Waals surface area contributed by atoms with Crippen LogP contribution in [0.1, 0.15) is 32.8 Å². The van der Waals surface area contributed by atoms with Gasteiger partial charge in [-0.3, -0.25) is 0 Å². The molecule has 0 bridgehead atoms. The molecule has 0 aromatic heterocycles. The molecule has 0 unspecified atom stereocenters. The molecule has 0 aliphatic heterocycles. The van der Waals surface area contributed by atoms with Gasteiger partial charge in [-0.2, -0.15) is 0 Å². The highest BCUT2D eigenvalue weighted by atomic mass is 79.9. The molecule has 0 heterocycles. The highest BCUT2D eigenvalue weighted by Crippen LogP contribution is 2.21. The summed E-state index contributed by atoms with van der Waals surface area (Å²) < 4.78 is 6.79. The van der Waals surface area contributed by atoms with E-state index in [0.29, 0.717) is 6.61 Å². The van der Waals surface area contributed by atoms with E-state index in [9.17, 15) is 0 Å². The van der Waals surface area contributed by atoms with Crippen LogP contribution in [0, 0.1) is 0 Å². The summed E-state index contributed by atoms with van der Waals surface area (Å²) in [4.78, 5) is 0. The molecule has 0 spiro atoms. The maximum absolute atomic E-state index is 5.80. The second-order valence-corrected chi connectivity index (χ2v) is 5.21. The van der Waals surface area contributed by atoms with E-state index in [1.165, 1.54) is 0 Å². The van der Waals surface area contributed by atoms with Gasteiger partial charge in [0.2, 0.25) is 0 Å². The van der Waals surface area contributed by atoms with Crippen molar-refractivity contribution >= 4 is 21.6 Å². The number of nitrogen functional groups attached to an aromatic ring is 1. The smallest absolute Gasteiger partial charge is 0.0725 e. The van der Waals surface area contributed by atoms with E-state index in [-0.39, 0.29) is 5.60 Å². The van der Waals surface area contributed by atoms with Crippen LogP contribution in [0.15, 0.2) is 22.7 Å². The molecule has 1 aromatic rings. The Morgan fingerprint density at radius 2 is 2.00 bits per heavy atom. The fourth-order valence-corrected chi connectivity index (χ4v) is 1.70. The summed E-state index contributed by atoms with van der Waals surface area (Å²) in [5.74, 6) is 0. The molecule has 0 saturated heterocycles. The Labute approximate surface area is 99.9 Å². The first-order valence-corrected chi connectivity index (χ1v) is 5.91. The van der Waals surface area contributed by atoms with E-state index in [4.69, 9.17) is 10.5 Å². The van der Waals surface area contributed by atoms with Crippen molar-refractivity contribution in [1.29, 1.82) is 0 Å². The van der Waals surface area contributed by atoms with Crippen LogP contribution < -0.4 is 5.73 Å². The zero-order valence-corrected chi connectivity index (χ0v) is 11.1. The minimum absolute atomic E-state index is 0.0723. The standard InChI is InChI=1S/C12H18BrNO/c1-4-12(2,3)15-8-9-5-10(13)7-11(14)6-9/h5-7H,4,8,14H2,1-3H3. The van der Waals surface area contributed by atoms with Gasteiger partial charge in [-0.05, 0) is 44.0 Å². The van der Waals surface area contributed by atoms with Crippen molar-refractivity contribution in [2.24, 2.45) is 0 Å². The molecule has 84 valence electrons. The minimum Gasteiger partial charge on any atom is -0.399 e. The van der Waals surface area contributed by atoms with Crippen LogP contribution in [0.2, 0.25) is 0 Å². The van der Waals surface area contributed by atoms with Crippen molar-refractivity contribution in [3.05, 3.63) is 28.2 Å². The zero-order valence-electron chi connectivity index (χ0n) is 9.51. The molecule has 1 rings (SSSR count). The van der Waals surface area contributed by atoms with Gasteiger partial charge in [-0.15, -0.1) is 0 Å². The van der Waals surface area contributed by atoms with E-state index in [0.717, 1.165) is 22.1 Å². The van der Waals surface area contributed by atoms with E-state index in [1.807, 2.05) is 18.2 Å². The van der Waals surface area contributed by atoms with Gasteiger partial charge < -0.3 is 10.5 Å². The van der Waals surface area contributed by atoms with Gasteiger partial charge in [0.15, 0.2) is 0 Å². The quantitative estimate of drug-likeness (QED) is 0.847. The fourth-order valence-electron chi connectivity index (χ4n) is 1.14. The third-order valence-corrected chi connectivity index (χ3v) is 2.92. The van der Waals surface area contributed by atoms with Gasteiger partial charge in [-0.1, -0.05) is 22.9 Å². The van der Waals surface area contributed by atoms with E-state index >= 15 is 0 Å². The van der Waals surface area contributed by atoms with Crippen LogP contribution in [0.5, 0.6) is 0 Å². The Kier molecular flexibility index (Phi) is 4.17. The van der Waals surface area contributed by atoms with Gasteiger partial charge in [0.1, 0.15) is 0 Å². The second kappa shape index (κ2) is 4.99. The van der Waals surface area contributed by atoms with Crippen LogP contribution in [-0.4, -0.2) is 5.60 Å². The third kappa shape index (κ3) is 4.22. The molecule has 2 nitrogen and oxygen atoms in total. The van der Waals surface area contributed by atoms with Crippen LogP contribution in [0.4, 0.5) is 5.69 Å². The average molecular weight is 272 g/mol. The van der Waals surface area contributed by atoms with Gasteiger partial charge >= 0.3 is 0 Å². The Bertz CT molecular complexity index is 316.